The van der Waals surface area contributed by atoms with E-state index in [2.05, 4.69) is 35.0 Å². The molecular weight excluding hydrogens is 326 g/mol. The summed E-state index contributed by atoms with van der Waals surface area (Å²) < 4.78 is 2.03. The highest BCUT2D eigenvalue weighted by Gasteiger charge is 2.17. The standard InChI is InChI=1S/C21H25N3O2/c1-16-7-3-4-9-18(16)19(20-22-11-14-23(20)2)10-6-13-24-12-5-8-17(15-24)21(25)26/h3-4,7-11,14H,5-6,12-13,15H2,1-2H3,(H,25,26). The van der Waals surface area contributed by atoms with Crippen LogP contribution in [0.3, 0.4) is 0 Å². The van der Waals surface area contributed by atoms with Gasteiger partial charge in [0.05, 0.1) is 0 Å². The third kappa shape index (κ3) is 4.11. The second-order valence-corrected chi connectivity index (χ2v) is 6.68. The Morgan fingerprint density at radius 3 is 2.85 bits per heavy atom. The van der Waals surface area contributed by atoms with E-state index < -0.39 is 5.97 Å². The number of aryl methyl sites for hydroxylation is 2. The first kappa shape index (κ1) is 18.1. The predicted octanol–water partition coefficient (Wildman–Crippen LogP) is 3.27. The molecule has 0 radical (unpaired) electrons. The van der Waals surface area contributed by atoms with Crippen molar-refractivity contribution < 1.29 is 9.90 Å². The van der Waals surface area contributed by atoms with Crippen molar-refractivity contribution in [3.63, 3.8) is 0 Å². The van der Waals surface area contributed by atoms with Crippen molar-refractivity contribution in [1.29, 1.82) is 0 Å². The van der Waals surface area contributed by atoms with Crippen LogP contribution in [0.5, 0.6) is 0 Å². The maximum Gasteiger partial charge on any atom is 0.332 e. The maximum absolute atomic E-state index is 11.2. The number of nitrogens with zero attached hydrogens (tertiary/aromatic N) is 3. The van der Waals surface area contributed by atoms with Crippen molar-refractivity contribution in [2.75, 3.05) is 19.6 Å². The average molecular weight is 351 g/mol. The summed E-state index contributed by atoms with van der Waals surface area (Å²) in [5.41, 5.74) is 4.03. The number of imidazole rings is 1. The van der Waals surface area contributed by atoms with E-state index in [1.54, 1.807) is 0 Å². The van der Waals surface area contributed by atoms with Gasteiger partial charge >= 0.3 is 5.97 Å². The molecule has 0 fully saturated rings. The Morgan fingerprint density at radius 2 is 2.15 bits per heavy atom. The molecule has 136 valence electrons. The highest BCUT2D eigenvalue weighted by atomic mass is 16.4. The molecule has 0 bridgehead atoms. The van der Waals surface area contributed by atoms with Crippen LogP contribution in [0.4, 0.5) is 0 Å². The molecule has 1 aliphatic heterocycles. The minimum absolute atomic E-state index is 0.503. The van der Waals surface area contributed by atoms with Crippen LogP contribution in [-0.2, 0) is 11.8 Å². The quantitative estimate of drug-likeness (QED) is 0.868. The zero-order valence-electron chi connectivity index (χ0n) is 15.4. The van der Waals surface area contributed by atoms with Crippen LogP contribution in [0.1, 0.15) is 29.8 Å². The van der Waals surface area contributed by atoms with Crippen LogP contribution in [0.25, 0.3) is 5.57 Å². The van der Waals surface area contributed by atoms with Crippen LogP contribution < -0.4 is 0 Å². The highest BCUT2D eigenvalue weighted by Crippen LogP contribution is 2.25. The van der Waals surface area contributed by atoms with Gasteiger partial charge in [-0.25, -0.2) is 9.78 Å². The Balaban J connectivity index is 1.78. The summed E-state index contributed by atoms with van der Waals surface area (Å²) in [6, 6.07) is 8.33. The molecule has 0 unspecified atom stereocenters. The van der Waals surface area contributed by atoms with E-state index in [0.717, 1.165) is 37.3 Å². The number of aliphatic carboxylic acids is 1. The van der Waals surface area contributed by atoms with E-state index in [9.17, 15) is 9.90 Å². The van der Waals surface area contributed by atoms with E-state index in [1.807, 2.05) is 42.2 Å². The van der Waals surface area contributed by atoms with Gasteiger partial charge in [0.2, 0.25) is 0 Å². The smallest absolute Gasteiger partial charge is 0.332 e. The summed E-state index contributed by atoms with van der Waals surface area (Å²) in [6.45, 7) is 4.38. The first-order valence-electron chi connectivity index (χ1n) is 8.95. The fourth-order valence-electron chi connectivity index (χ4n) is 3.37. The fourth-order valence-corrected chi connectivity index (χ4v) is 3.37. The van der Waals surface area contributed by atoms with Gasteiger partial charge in [0.1, 0.15) is 5.82 Å². The number of carboxylic acid groups (broad SMARTS) is 1. The second-order valence-electron chi connectivity index (χ2n) is 6.68. The van der Waals surface area contributed by atoms with Gasteiger partial charge in [-0.3, -0.25) is 4.90 Å². The van der Waals surface area contributed by atoms with Crippen molar-refractivity contribution in [2.45, 2.75) is 19.8 Å². The number of benzene rings is 1. The lowest BCUT2D eigenvalue weighted by Gasteiger charge is -2.25. The molecule has 2 heterocycles. The van der Waals surface area contributed by atoms with Gasteiger partial charge in [-0.2, -0.15) is 0 Å². The minimum atomic E-state index is -0.807. The Bertz CT molecular complexity index is 848. The molecule has 1 aromatic heterocycles. The van der Waals surface area contributed by atoms with Crippen LogP contribution in [0, 0.1) is 6.92 Å². The van der Waals surface area contributed by atoms with Crippen molar-refractivity contribution in [3.05, 3.63) is 71.3 Å². The van der Waals surface area contributed by atoms with Gasteiger partial charge in [0, 0.05) is 50.2 Å². The summed E-state index contributed by atoms with van der Waals surface area (Å²) in [4.78, 5) is 17.9. The zero-order valence-corrected chi connectivity index (χ0v) is 15.4. The van der Waals surface area contributed by atoms with Crippen LogP contribution >= 0.6 is 0 Å². The molecule has 0 saturated heterocycles. The van der Waals surface area contributed by atoms with Crippen LogP contribution in [-0.4, -0.2) is 45.2 Å². The molecule has 0 aliphatic carbocycles. The maximum atomic E-state index is 11.2. The first-order chi connectivity index (χ1) is 12.6. The van der Waals surface area contributed by atoms with Gasteiger partial charge < -0.3 is 9.67 Å². The SMILES string of the molecule is Cc1ccccc1C(=CCCN1CCC=C(C(=O)O)C1)c1nccn1C. The molecule has 1 aliphatic rings. The number of carbonyl (C=O) groups is 1. The molecule has 1 aromatic carbocycles. The predicted molar refractivity (Wildman–Crippen MR) is 103 cm³/mol. The molecular formula is C21H25N3O2. The molecule has 1 N–H and O–H groups in total. The summed E-state index contributed by atoms with van der Waals surface area (Å²) in [5.74, 6) is 0.142. The zero-order chi connectivity index (χ0) is 18.5. The molecule has 0 saturated carbocycles. The number of hydrogen-bond donors (Lipinski definition) is 1. The van der Waals surface area contributed by atoms with E-state index in [4.69, 9.17) is 0 Å². The first-order valence-corrected chi connectivity index (χ1v) is 8.95. The summed E-state index contributed by atoms with van der Waals surface area (Å²) in [5, 5.41) is 9.19. The largest absolute Gasteiger partial charge is 0.478 e. The highest BCUT2D eigenvalue weighted by molar-refractivity contribution is 5.87. The third-order valence-corrected chi connectivity index (χ3v) is 4.80. The lowest BCUT2D eigenvalue weighted by molar-refractivity contribution is -0.133. The van der Waals surface area contributed by atoms with E-state index >= 15 is 0 Å². The van der Waals surface area contributed by atoms with Crippen LogP contribution in [0.15, 0.2) is 54.4 Å². The lowest BCUT2D eigenvalue weighted by Crippen LogP contribution is -2.32. The van der Waals surface area contributed by atoms with Gasteiger partial charge in [-0.1, -0.05) is 36.4 Å². The van der Waals surface area contributed by atoms with Crippen molar-refractivity contribution >= 4 is 11.5 Å². The van der Waals surface area contributed by atoms with Crippen LogP contribution in [0.2, 0.25) is 0 Å². The number of hydrogen-bond acceptors (Lipinski definition) is 3. The summed E-state index contributed by atoms with van der Waals surface area (Å²) >= 11 is 0. The Kier molecular flexibility index (Phi) is 5.68. The minimum Gasteiger partial charge on any atom is -0.478 e. The van der Waals surface area contributed by atoms with E-state index in [-0.39, 0.29) is 0 Å². The number of carboxylic acids is 1. The van der Waals surface area contributed by atoms with Crippen molar-refractivity contribution in [3.8, 4) is 0 Å². The second kappa shape index (κ2) is 8.15. The van der Waals surface area contributed by atoms with Gasteiger partial charge in [0.25, 0.3) is 0 Å². The van der Waals surface area contributed by atoms with Crippen molar-refractivity contribution in [2.24, 2.45) is 7.05 Å². The molecule has 2 aromatic rings. The Labute approximate surface area is 154 Å². The lowest BCUT2D eigenvalue weighted by atomic mass is 9.98. The molecule has 3 rings (SSSR count). The molecule has 0 amide bonds. The molecule has 5 nitrogen and oxygen atoms in total. The van der Waals surface area contributed by atoms with Gasteiger partial charge in [0.15, 0.2) is 0 Å². The normalized spacial score (nSPS) is 15.8. The monoisotopic (exact) mass is 351 g/mol. The molecule has 0 spiro atoms. The number of rotatable bonds is 6. The Hall–Kier alpha value is -2.66. The van der Waals surface area contributed by atoms with Gasteiger partial charge in [-0.05, 0) is 30.9 Å². The molecule has 0 atom stereocenters. The fraction of sp³-hybridized carbons (Fsp3) is 0.333. The summed E-state index contributed by atoms with van der Waals surface area (Å²) in [6.07, 6.45) is 9.48. The van der Waals surface area contributed by atoms with E-state index in [0.29, 0.717) is 12.1 Å². The van der Waals surface area contributed by atoms with Crippen molar-refractivity contribution in [1.82, 2.24) is 14.5 Å². The topological polar surface area (TPSA) is 58.4 Å². The third-order valence-electron chi connectivity index (χ3n) is 4.80. The molecule has 5 heteroatoms. The molecule has 26 heavy (non-hydrogen) atoms. The van der Waals surface area contributed by atoms with Gasteiger partial charge in [-0.15, -0.1) is 0 Å². The Morgan fingerprint density at radius 1 is 1.35 bits per heavy atom. The number of aromatic nitrogens is 2. The van der Waals surface area contributed by atoms with E-state index in [1.165, 1.54) is 11.1 Å². The average Bonchev–Trinajstić information content (AvgIpc) is 3.06. The summed E-state index contributed by atoms with van der Waals surface area (Å²) in [7, 11) is 2.00.